The van der Waals surface area contributed by atoms with Crippen LogP contribution < -0.4 is 0 Å². The summed E-state index contributed by atoms with van der Waals surface area (Å²) in [5.41, 5.74) is 4.64. The Morgan fingerprint density at radius 3 is 2.90 bits per heavy atom. The van der Waals surface area contributed by atoms with Crippen LogP contribution in [0.5, 0.6) is 0 Å². The second kappa shape index (κ2) is 5.92. The largest absolute Gasteiger partial charge is 0.497 e. The number of halogens is 1. The first kappa shape index (κ1) is 14.2. The Balaban J connectivity index is 2.20. The summed E-state index contributed by atoms with van der Waals surface area (Å²) in [5.74, 6) is 0.672. The molecule has 0 fully saturated rings. The lowest BCUT2D eigenvalue weighted by atomic mass is 9.97. The van der Waals surface area contributed by atoms with Gasteiger partial charge in [0.15, 0.2) is 0 Å². The van der Waals surface area contributed by atoms with Gasteiger partial charge in [0.1, 0.15) is 5.76 Å². The maximum atomic E-state index is 6.32. The predicted octanol–water partition coefficient (Wildman–Crippen LogP) is 5.72. The van der Waals surface area contributed by atoms with Gasteiger partial charge in [-0.25, -0.2) is 0 Å². The van der Waals surface area contributed by atoms with Crippen LogP contribution in [0, 0.1) is 0 Å². The fraction of sp³-hybridized carbons (Fsp3) is 0.111. The number of hydrogen-bond acceptors (Lipinski definition) is 2. The van der Waals surface area contributed by atoms with Crippen molar-refractivity contribution in [3.63, 3.8) is 0 Å². The molecule has 2 aromatic rings. The van der Waals surface area contributed by atoms with Crippen LogP contribution in [0.2, 0.25) is 5.02 Å². The second-order valence-electron chi connectivity index (χ2n) is 4.81. The third-order valence-corrected chi connectivity index (χ3v) is 4.94. The molecular weight excluding hydrogens is 300 g/mol. The van der Waals surface area contributed by atoms with Crippen LogP contribution in [0.4, 0.5) is 0 Å². The molecule has 0 saturated carbocycles. The molecule has 1 aliphatic rings. The van der Waals surface area contributed by atoms with E-state index in [4.69, 9.17) is 16.3 Å². The van der Waals surface area contributed by atoms with Crippen molar-refractivity contribution in [3.05, 3.63) is 75.9 Å². The highest BCUT2D eigenvalue weighted by Gasteiger charge is 2.14. The number of benzene rings is 1. The summed E-state index contributed by atoms with van der Waals surface area (Å²) in [7, 11) is 1.64. The Kier molecular flexibility index (Phi) is 4.00. The lowest BCUT2D eigenvalue weighted by Gasteiger charge is -2.11. The molecule has 0 amide bonds. The Bertz CT molecular complexity index is 752. The second-order valence-corrected chi connectivity index (χ2v) is 6.13. The van der Waals surface area contributed by atoms with E-state index in [2.05, 4.69) is 43.0 Å². The standard InChI is InChI=1S/C18H15ClOS/c1-12(20-2)14-7-3-5-13-6-4-8-15(16(13)11-14)18-17(19)9-10-21-18/h3-4,6-11H,1,5H2,2H3. The van der Waals surface area contributed by atoms with E-state index >= 15 is 0 Å². The minimum Gasteiger partial charge on any atom is -0.497 e. The Hall–Kier alpha value is -1.77. The van der Waals surface area contributed by atoms with E-state index in [1.165, 1.54) is 11.1 Å². The van der Waals surface area contributed by atoms with Gasteiger partial charge in [-0.1, -0.05) is 48.5 Å². The summed E-state index contributed by atoms with van der Waals surface area (Å²) in [6.07, 6.45) is 7.23. The molecular formula is C18H15ClOS. The smallest absolute Gasteiger partial charge is 0.118 e. The van der Waals surface area contributed by atoms with E-state index in [0.717, 1.165) is 27.5 Å². The first-order valence-electron chi connectivity index (χ1n) is 6.67. The van der Waals surface area contributed by atoms with E-state index < -0.39 is 0 Å². The summed E-state index contributed by atoms with van der Waals surface area (Å²) in [6.45, 7) is 3.96. The predicted molar refractivity (Wildman–Crippen MR) is 91.7 cm³/mol. The molecule has 0 saturated heterocycles. The summed E-state index contributed by atoms with van der Waals surface area (Å²) in [6, 6.07) is 8.29. The third-order valence-electron chi connectivity index (χ3n) is 3.56. The van der Waals surface area contributed by atoms with Gasteiger partial charge in [-0.05, 0) is 35.1 Å². The molecule has 0 radical (unpaired) electrons. The highest BCUT2D eigenvalue weighted by molar-refractivity contribution is 7.14. The van der Waals surface area contributed by atoms with Crippen molar-refractivity contribution < 1.29 is 4.74 Å². The lowest BCUT2D eigenvalue weighted by molar-refractivity contribution is 0.305. The fourth-order valence-corrected chi connectivity index (χ4v) is 3.65. The molecule has 0 atom stereocenters. The van der Waals surface area contributed by atoms with Crippen molar-refractivity contribution in [3.8, 4) is 10.4 Å². The highest BCUT2D eigenvalue weighted by atomic mass is 35.5. The van der Waals surface area contributed by atoms with E-state index in [1.807, 2.05) is 11.4 Å². The summed E-state index contributed by atoms with van der Waals surface area (Å²) >= 11 is 7.98. The van der Waals surface area contributed by atoms with Crippen LogP contribution in [0.3, 0.4) is 0 Å². The van der Waals surface area contributed by atoms with Gasteiger partial charge in [-0.2, -0.15) is 0 Å². The van der Waals surface area contributed by atoms with Crippen LogP contribution in [0.25, 0.3) is 16.5 Å². The summed E-state index contributed by atoms with van der Waals surface area (Å²) in [4.78, 5) is 1.11. The molecule has 0 unspecified atom stereocenters. The van der Waals surface area contributed by atoms with Gasteiger partial charge in [-0.3, -0.25) is 0 Å². The number of rotatable bonds is 3. The monoisotopic (exact) mass is 314 g/mol. The Labute approximate surface area is 133 Å². The molecule has 0 spiro atoms. The average Bonchev–Trinajstić information content (AvgIpc) is 2.80. The number of ether oxygens (including phenoxy) is 1. The number of fused-ring (bicyclic) bond motifs is 1. The van der Waals surface area contributed by atoms with Crippen LogP contribution in [-0.4, -0.2) is 7.11 Å². The van der Waals surface area contributed by atoms with Gasteiger partial charge in [0.2, 0.25) is 0 Å². The number of hydrogen-bond donors (Lipinski definition) is 0. The van der Waals surface area contributed by atoms with Gasteiger partial charge in [0.25, 0.3) is 0 Å². The molecule has 1 heterocycles. The third kappa shape index (κ3) is 2.69. The minimum absolute atomic E-state index is 0.672. The maximum Gasteiger partial charge on any atom is 0.118 e. The molecule has 21 heavy (non-hydrogen) atoms. The van der Waals surface area contributed by atoms with Crippen LogP contribution in [0.15, 0.2) is 59.7 Å². The first-order chi connectivity index (χ1) is 10.2. The fourth-order valence-electron chi connectivity index (χ4n) is 2.45. The normalized spacial score (nSPS) is 13.3. The van der Waals surface area contributed by atoms with Gasteiger partial charge in [-0.15, -0.1) is 11.3 Å². The van der Waals surface area contributed by atoms with Crippen LogP contribution in [0.1, 0.15) is 11.1 Å². The Morgan fingerprint density at radius 2 is 2.19 bits per heavy atom. The van der Waals surface area contributed by atoms with E-state index in [0.29, 0.717) is 5.76 Å². The highest BCUT2D eigenvalue weighted by Crippen LogP contribution is 2.38. The van der Waals surface area contributed by atoms with E-state index in [1.54, 1.807) is 18.4 Å². The topological polar surface area (TPSA) is 9.23 Å². The quantitative estimate of drug-likeness (QED) is 0.658. The van der Waals surface area contributed by atoms with Crippen molar-refractivity contribution in [2.24, 2.45) is 0 Å². The molecule has 1 aromatic carbocycles. The van der Waals surface area contributed by atoms with Crippen LogP contribution >= 0.6 is 22.9 Å². The van der Waals surface area contributed by atoms with Gasteiger partial charge in [0.05, 0.1) is 17.0 Å². The minimum atomic E-state index is 0.672. The summed E-state index contributed by atoms with van der Waals surface area (Å²) < 4.78 is 5.28. The molecule has 3 rings (SSSR count). The summed E-state index contributed by atoms with van der Waals surface area (Å²) in [5, 5.41) is 2.82. The SMILES string of the molecule is C=C(OC)C1=Cc2c(cccc2-c2sccc2Cl)CC=C1. The zero-order valence-corrected chi connectivity index (χ0v) is 13.3. The number of allylic oxidation sites excluding steroid dienone is 2. The molecule has 1 aromatic heterocycles. The van der Waals surface area contributed by atoms with Crippen molar-refractivity contribution in [2.75, 3.05) is 7.11 Å². The van der Waals surface area contributed by atoms with E-state index in [9.17, 15) is 0 Å². The van der Waals surface area contributed by atoms with Gasteiger partial charge in [0, 0.05) is 11.1 Å². The molecule has 1 nitrogen and oxygen atoms in total. The molecule has 106 valence electrons. The van der Waals surface area contributed by atoms with Crippen molar-refractivity contribution >= 4 is 29.0 Å². The molecule has 3 heteroatoms. The lowest BCUT2D eigenvalue weighted by Crippen LogP contribution is -1.91. The zero-order chi connectivity index (χ0) is 14.8. The maximum absolute atomic E-state index is 6.32. The Morgan fingerprint density at radius 1 is 1.33 bits per heavy atom. The zero-order valence-electron chi connectivity index (χ0n) is 11.7. The van der Waals surface area contributed by atoms with Crippen molar-refractivity contribution in [1.29, 1.82) is 0 Å². The molecule has 0 N–H and O–H groups in total. The molecule has 1 aliphatic carbocycles. The van der Waals surface area contributed by atoms with Gasteiger partial charge >= 0.3 is 0 Å². The number of thiophene rings is 1. The molecule has 0 aliphatic heterocycles. The van der Waals surface area contributed by atoms with Gasteiger partial charge < -0.3 is 4.74 Å². The van der Waals surface area contributed by atoms with E-state index in [-0.39, 0.29) is 0 Å². The van der Waals surface area contributed by atoms with Crippen molar-refractivity contribution in [2.45, 2.75) is 6.42 Å². The first-order valence-corrected chi connectivity index (χ1v) is 7.93. The number of methoxy groups -OCH3 is 1. The average molecular weight is 315 g/mol. The van der Waals surface area contributed by atoms with Crippen LogP contribution in [-0.2, 0) is 11.2 Å². The van der Waals surface area contributed by atoms with Crippen molar-refractivity contribution in [1.82, 2.24) is 0 Å². The molecule has 0 bridgehead atoms.